The molecule has 6 rings (SSSR count). The second-order valence-electron chi connectivity index (χ2n) is 7.22. The second-order valence-corrected chi connectivity index (χ2v) is 7.22. The summed E-state index contributed by atoms with van der Waals surface area (Å²) in [4.78, 5) is 32.0. The fourth-order valence-electron chi connectivity index (χ4n) is 4.23. The van der Waals surface area contributed by atoms with E-state index in [1.54, 1.807) is 18.2 Å². The molecule has 1 saturated heterocycles. The number of para-hydroxylation sites is 1. The minimum absolute atomic E-state index is 0.0173. The lowest BCUT2D eigenvalue weighted by molar-refractivity contribution is -0.157. The lowest BCUT2D eigenvalue weighted by Crippen LogP contribution is -2.62. The van der Waals surface area contributed by atoms with Crippen molar-refractivity contribution in [1.82, 2.24) is 14.8 Å². The molecule has 29 heavy (non-hydrogen) atoms. The van der Waals surface area contributed by atoms with Crippen LogP contribution in [0, 0.1) is 0 Å². The summed E-state index contributed by atoms with van der Waals surface area (Å²) in [5.74, 6) is -0.121. The number of likely N-dealkylation sites (N-methyl/N-ethyl adjacent to an activating group) is 1. The van der Waals surface area contributed by atoms with Crippen LogP contribution < -0.4 is 9.47 Å². The molecule has 1 fully saturated rings. The van der Waals surface area contributed by atoms with Crippen molar-refractivity contribution in [2.24, 2.45) is 0 Å². The van der Waals surface area contributed by atoms with Gasteiger partial charge >= 0.3 is 0 Å². The van der Waals surface area contributed by atoms with E-state index < -0.39 is 48.4 Å². The van der Waals surface area contributed by atoms with E-state index >= 15 is 0 Å². The molecule has 4 heterocycles. The van der Waals surface area contributed by atoms with Crippen molar-refractivity contribution in [3.05, 3.63) is 59.2 Å². The summed E-state index contributed by atoms with van der Waals surface area (Å²) in [7, 11) is 1.43. The highest BCUT2D eigenvalue weighted by atomic mass is 16.7. The molecule has 0 spiro atoms. The van der Waals surface area contributed by atoms with Crippen LogP contribution in [0.4, 0.5) is 0 Å². The number of hydrogen-bond acceptors (Lipinski definition) is 4. The SMILES string of the molecule is [2H]c1c([2H])c([2H])c2c3c([nH]c2c1[2H])C(c1ccc2c(c1)OCO2)N1C(=O)CN(C)C(=O)[C@H]1C3([2H])[2H]. The second kappa shape index (κ2) is 5.76. The van der Waals surface area contributed by atoms with Crippen molar-refractivity contribution in [2.45, 2.75) is 18.5 Å². The fraction of sp³-hybridized carbons (Fsp3) is 0.273. The number of rotatable bonds is 1. The number of nitrogens with one attached hydrogen (secondary N) is 1. The molecule has 3 aromatic rings. The number of piperazine rings is 1. The van der Waals surface area contributed by atoms with Crippen LogP contribution in [0.2, 0.25) is 0 Å². The van der Waals surface area contributed by atoms with E-state index in [2.05, 4.69) is 4.98 Å². The van der Waals surface area contributed by atoms with Crippen LogP contribution in [0.1, 0.15) is 31.1 Å². The highest BCUT2D eigenvalue weighted by Crippen LogP contribution is 2.44. The Kier molecular flexibility index (Phi) is 2.29. The summed E-state index contributed by atoms with van der Waals surface area (Å²) in [5.41, 5.74) is 0.671. The molecule has 3 aliphatic rings. The Morgan fingerprint density at radius 3 is 2.93 bits per heavy atom. The van der Waals surface area contributed by atoms with E-state index in [1.807, 2.05) is 0 Å². The van der Waals surface area contributed by atoms with Gasteiger partial charge in [-0.15, -0.1) is 0 Å². The Hall–Kier alpha value is -3.48. The first kappa shape index (κ1) is 11.5. The van der Waals surface area contributed by atoms with Crippen LogP contribution in [0.25, 0.3) is 10.9 Å². The Balaban J connectivity index is 1.72. The molecule has 1 N–H and O–H groups in total. The van der Waals surface area contributed by atoms with E-state index in [0.717, 1.165) is 0 Å². The fourth-order valence-corrected chi connectivity index (χ4v) is 4.23. The number of nitrogens with zero attached hydrogens (tertiary/aromatic N) is 2. The normalized spacial score (nSPS) is 27.5. The molecule has 146 valence electrons. The van der Waals surface area contributed by atoms with Crippen LogP contribution in [-0.2, 0) is 16.0 Å². The van der Waals surface area contributed by atoms with E-state index in [9.17, 15) is 9.59 Å². The number of benzene rings is 2. The van der Waals surface area contributed by atoms with Crippen molar-refractivity contribution >= 4 is 22.7 Å². The summed E-state index contributed by atoms with van der Waals surface area (Å²) < 4.78 is 62.0. The molecule has 2 atom stereocenters. The van der Waals surface area contributed by atoms with Gasteiger partial charge in [0.1, 0.15) is 6.04 Å². The predicted octanol–water partition coefficient (Wildman–Crippen LogP) is 2.21. The van der Waals surface area contributed by atoms with Crippen LogP contribution in [0.15, 0.2) is 42.4 Å². The molecule has 0 saturated carbocycles. The number of hydrogen-bond donors (Lipinski definition) is 1. The molecular weight excluding hydrogens is 370 g/mol. The van der Waals surface area contributed by atoms with Crippen LogP contribution in [0.3, 0.4) is 0 Å². The van der Waals surface area contributed by atoms with Gasteiger partial charge in [-0.3, -0.25) is 9.59 Å². The van der Waals surface area contributed by atoms with Crippen LogP contribution in [0.5, 0.6) is 11.5 Å². The molecule has 7 nitrogen and oxygen atoms in total. The summed E-state index contributed by atoms with van der Waals surface area (Å²) in [6.45, 7) is -0.204. The highest BCUT2D eigenvalue weighted by molar-refractivity contribution is 5.97. The first-order chi connectivity index (χ1) is 16.5. The Morgan fingerprint density at radius 2 is 2.03 bits per heavy atom. The lowest BCUT2D eigenvalue weighted by atomic mass is 9.86. The van der Waals surface area contributed by atoms with Gasteiger partial charge in [-0.05, 0) is 29.3 Å². The van der Waals surface area contributed by atoms with Crippen molar-refractivity contribution in [3.63, 3.8) is 0 Å². The molecule has 3 aliphatic heterocycles. The molecule has 2 aromatic carbocycles. The summed E-state index contributed by atoms with van der Waals surface area (Å²) in [6.07, 6.45) is -2.44. The maximum atomic E-state index is 13.3. The van der Waals surface area contributed by atoms with Crippen LogP contribution >= 0.6 is 0 Å². The Morgan fingerprint density at radius 1 is 1.21 bits per heavy atom. The van der Waals surface area contributed by atoms with Gasteiger partial charge in [0.15, 0.2) is 11.5 Å². The number of ether oxygens (including phenoxy) is 2. The highest BCUT2D eigenvalue weighted by Gasteiger charge is 2.47. The molecule has 1 unspecified atom stereocenters. The quantitative estimate of drug-likeness (QED) is 0.686. The zero-order chi connectivity index (χ0) is 25.0. The largest absolute Gasteiger partial charge is 0.454 e. The number of carbonyl (C=O) groups excluding carboxylic acids is 2. The molecular formula is C22H19N3O4. The van der Waals surface area contributed by atoms with Crippen molar-refractivity contribution in [2.75, 3.05) is 20.4 Å². The zero-order valence-corrected chi connectivity index (χ0v) is 15.3. The van der Waals surface area contributed by atoms with Crippen molar-refractivity contribution in [1.29, 1.82) is 0 Å². The Labute approximate surface area is 175 Å². The third-order valence-corrected chi connectivity index (χ3v) is 5.56. The van der Waals surface area contributed by atoms with Gasteiger partial charge in [0.2, 0.25) is 18.6 Å². The molecule has 0 bridgehead atoms. The molecule has 0 aliphatic carbocycles. The first-order valence-corrected chi connectivity index (χ1v) is 9.12. The summed E-state index contributed by atoms with van der Waals surface area (Å²) in [5, 5.41) is -0.0325. The monoisotopic (exact) mass is 395 g/mol. The molecule has 1 aromatic heterocycles. The average molecular weight is 395 g/mol. The van der Waals surface area contributed by atoms with E-state index in [0.29, 0.717) is 17.1 Å². The van der Waals surface area contributed by atoms with Crippen molar-refractivity contribution < 1.29 is 27.3 Å². The Bertz CT molecular complexity index is 1470. The predicted molar refractivity (Wildman–Crippen MR) is 105 cm³/mol. The molecule has 2 amide bonds. The van der Waals surface area contributed by atoms with E-state index in [4.69, 9.17) is 17.7 Å². The number of aromatic nitrogens is 1. The average Bonchev–Trinajstić information content (AvgIpc) is 3.44. The van der Waals surface area contributed by atoms with Gasteiger partial charge in [0.05, 0.1) is 18.1 Å². The smallest absolute Gasteiger partial charge is 0.245 e. The number of carbonyl (C=O) groups is 2. The third kappa shape index (κ3) is 2.24. The number of fused-ring (bicyclic) bond motifs is 5. The van der Waals surface area contributed by atoms with Gasteiger partial charge in [-0.25, -0.2) is 0 Å². The van der Waals surface area contributed by atoms with Gasteiger partial charge in [-0.1, -0.05) is 24.2 Å². The molecule has 7 heteroatoms. The van der Waals surface area contributed by atoms with Crippen LogP contribution in [-0.4, -0.2) is 53.0 Å². The number of aromatic amines is 1. The first-order valence-electron chi connectivity index (χ1n) is 12.1. The third-order valence-electron chi connectivity index (χ3n) is 5.56. The standard InChI is InChI=1S/C22H19N3O4/c1-24-10-19(26)25-16(22(24)27)9-14-13-4-2-3-5-15(13)23-20(14)21(25)12-6-7-17-18(8-12)29-11-28-17/h2-8,16,21,23H,9-11H2,1H3/t16-,21?/m1/s1/i2D,3D,4D,5D,9D2. The van der Waals surface area contributed by atoms with Gasteiger partial charge in [0.25, 0.3) is 0 Å². The maximum Gasteiger partial charge on any atom is 0.245 e. The summed E-state index contributed by atoms with van der Waals surface area (Å²) in [6, 6.07) is 0.767. The van der Waals surface area contributed by atoms with E-state index in [1.165, 1.54) is 16.8 Å². The maximum absolute atomic E-state index is 13.3. The van der Waals surface area contributed by atoms with E-state index in [-0.39, 0.29) is 41.5 Å². The topological polar surface area (TPSA) is 74.9 Å². The minimum atomic E-state index is -2.44. The van der Waals surface area contributed by atoms with Crippen molar-refractivity contribution in [3.8, 4) is 11.5 Å². The van der Waals surface area contributed by atoms with Gasteiger partial charge < -0.3 is 24.3 Å². The lowest BCUT2D eigenvalue weighted by Gasteiger charge is -2.46. The minimum Gasteiger partial charge on any atom is -0.454 e. The zero-order valence-electron chi connectivity index (χ0n) is 21.3. The van der Waals surface area contributed by atoms with Gasteiger partial charge in [-0.2, -0.15) is 0 Å². The summed E-state index contributed by atoms with van der Waals surface area (Å²) >= 11 is 0. The number of amides is 2. The molecule has 0 radical (unpaired) electrons. The number of H-pyrrole nitrogens is 1. The van der Waals surface area contributed by atoms with Gasteiger partial charge in [0, 0.05) is 32.8 Å².